The van der Waals surface area contributed by atoms with Crippen LogP contribution in [-0.2, 0) is 4.79 Å². The van der Waals surface area contributed by atoms with Gasteiger partial charge in [-0.15, -0.1) is 0 Å². The molecule has 116 valence electrons. The Balaban J connectivity index is 2.61. The normalized spacial score (nSPS) is 21.7. The minimum absolute atomic E-state index is 0.0143. The molecule has 1 aliphatic rings. The fourth-order valence-electron chi connectivity index (χ4n) is 3.25. The van der Waals surface area contributed by atoms with Gasteiger partial charge in [0, 0.05) is 17.9 Å². The van der Waals surface area contributed by atoms with Crippen LogP contribution in [0.3, 0.4) is 0 Å². The fourth-order valence-corrected chi connectivity index (χ4v) is 3.25. The molecule has 0 aromatic rings. The first-order valence-corrected chi connectivity index (χ1v) is 8.02. The Morgan fingerprint density at radius 2 is 1.85 bits per heavy atom. The summed E-state index contributed by atoms with van der Waals surface area (Å²) in [5.74, 6) is -0.605. The first-order chi connectivity index (χ1) is 9.51. The molecular formula is C17H29FO2. The van der Waals surface area contributed by atoms with Crippen LogP contribution in [-0.4, -0.2) is 17.6 Å². The van der Waals surface area contributed by atoms with E-state index in [2.05, 4.69) is 13.8 Å². The lowest BCUT2D eigenvalue weighted by Gasteiger charge is -2.38. The SMILES string of the molecule is CCC(CF)C(O)=CC(=O)C1CCC(CC)(CC)CC1. The average molecular weight is 284 g/mol. The van der Waals surface area contributed by atoms with Gasteiger partial charge in [0.2, 0.25) is 0 Å². The number of aliphatic hydroxyl groups is 1. The molecule has 0 radical (unpaired) electrons. The van der Waals surface area contributed by atoms with Crippen molar-refractivity contribution in [1.82, 2.24) is 0 Å². The summed E-state index contributed by atoms with van der Waals surface area (Å²) in [7, 11) is 0. The Kier molecular flexibility index (Phi) is 6.70. The van der Waals surface area contributed by atoms with Crippen LogP contribution in [0.15, 0.2) is 11.8 Å². The van der Waals surface area contributed by atoms with Gasteiger partial charge in [0.25, 0.3) is 0 Å². The molecule has 1 unspecified atom stereocenters. The van der Waals surface area contributed by atoms with E-state index >= 15 is 0 Å². The first kappa shape index (κ1) is 17.2. The molecule has 20 heavy (non-hydrogen) atoms. The number of rotatable bonds is 7. The van der Waals surface area contributed by atoms with Crippen molar-refractivity contribution < 1.29 is 14.3 Å². The smallest absolute Gasteiger partial charge is 0.162 e. The number of hydrogen-bond donors (Lipinski definition) is 1. The van der Waals surface area contributed by atoms with E-state index in [0.717, 1.165) is 25.7 Å². The third-order valence-corrected chi connectivity index (χ3v) is 5.34. The van der Waals surface area contributed by atoms with E-state index in [4.69, 9.17) is 0 Å². The van der Waals surface area contributed by atoms with E-state index in [1.807, 2.05) is 6.92 Å². The topological polar surface area (TPSA) is 37.3 Å². The summed E-state index contributed by atoms with van der Waals surface area (Å²) < 4.78 is 12.7. The van der Waals surface area contributed by atoms with Gasteiger partial charge in [-0.3, -0.25) is 9.18 Å². The van der Waals surface area contributed by atoms with Crippen LogP contribution in [0.5, 0.6) is 0 Å². The van der Waals surface area contributed by atoms with Crippen molar-refractivity contribution in [3.8, 4) is 0 Å². The molecule has 1 atom stereocenters. The number of carbonyl (C=O) groups is 1. The van der Waals surface area contributed by atoms with E-state index in [1.165, 1.54) is 18.9 Å². The number of alkyl halides is 1. The number of carbonyl (C=O) groups excluding carboxylic acids is 1. The summed E-state index contributed by atoms with van der Waals surface area (Å²) in [4.78, 5) is 12.2. The molecule has 0 bridgehead atoms. The maximum atomic E-state index is 12.7. The third-order valence-electron chi connectivity index (χ3n) is 5.34. The predicted octanol–water partition coefficient (Wildman–Crippen LogP) is 4.99. The second-order valence-electron chi connectivity index (χ2n) is 6.21. The molecule has 2 nitrogen and oxygen atoms in total. The summed E-state index contributed by atoms with van der Waals surface area (Å²) >= 11 is 0. The Hall–Kier alpha value is -0.860. The lowest BCUT2D eigenvalue weighted by atomic mass is 9.67. The molecule has 0 aromatic carbocycles. The van der Waals surface area contributed by atoms with Crippen LogP contribution >= 0.6 is 0 Å². The maximum Gasteiger partial charge on any atom is 0.162 e. The van der Waals surface area contributed by atoms with Gasteiger partial charge in [-0.25, -0.2) is 0 Å². The molecular weight excluding hydrogens is 255 g/mol. The molecule has 0 amide bonds. The molecule has 0 spiro atoms. The van der Waals surface area contributed by atoms with Gasteiger partial charge in [-0.1, -0.05) is 33.6 Å². The van der Waals surface area contributed by atoms with Gasteiger partial charge < -0.3 is 5.11 Å². The largest absolute Gasteiger partial charge is 0.512 e. The molecule has 0 heterocycles. The zero-order valence-corrected chi connectivity index (χ0v) is 13.1. The zero-order valence-electron chi connectivity index (χ0n) is 13.1. The number of hydrogen-bond acceptors (Lipinski definition) is 2. The molecule has 0 aromatic heterocycles. The van der Waals surface area contributed by atoms with Crippen molar-refractivity contribution in [3.63, 3.8) is 0 Å². The number of aliphatic hydroxyl groups excluding tert-OH is 1. The van der Waals surface area contributed by atoms with Crippen molar-refractivity contribution in [2.45, 2.75) is 65.7 Å². The number of ketones is 1. The molecule has 0 aliphatic heterocycles. The van der Waals surface area contributed by atoms with Crippen molar-refractivity contribution in [2.75, 3.05) is 6.67 Å². The molecule has 1 rings (SSSR count). The minimum Gasteiger partial charge on any atom is -0.512 e. The number of halogens is 1. The van der Waals surface area contributed by atoms with Crippen LogP contribution in [0.4, 0.5) is 4.39 Å². The molecule has 1 fully saturated rings. The monoisotopic (exact) mass is 284 g/mol. The Labute approximate surface area is 122 Å². The maximum absolute atomic E-state index is 12.7. The lowest BCUT2D eigenvalue weighted by molar-refractivity contribution is -0.120. The summed E-state index contributed by atoms with van der Waals surface area (Å²) in [5, 5.41) is 9.81. The highest BCUT2D eigenvalue weighted by Crippen LogP contribution is 2.44. The van der Waals surface area contributed by atoms with Gasteiger partial charge in [0.05, 0.1) is 6.67 Å². The van der Waals surface area contributed by atoms with E-state index in [0.29, 0.717) is 11.8 Å². The lowest BCUT2D eigenvalue weighted by Crippen LogP contribution is -2.29. The molecule has 1 aliphatic carbocycles. The van der Waals surface area contributed by atoms with Crippen molar-refractivity contribution in [3.05, 3.63) is 11.8 Å². The Morgan fingerprint density at radius 3 is 2.25 bits per heavy atom. The second-order valence-corrected chi connectivity index (χ2v) is 6.21. The first-order valence-electron chi connectivity index (χ1n) is 8.02. The molecule has 0 saturated heterocycles. The van der Waals surface area contributed by atoms with Gasteiger partial charge in [0.1, 0.15) is 5.76 Å². The summed E-state index contributed by atoms with van der Waals surface area (Å²) in [6.45, 7) is 5.66. The summed E-state index contributed by atoms with van der Waals surface area (Å²) in [6, 6.07) is 0. The molecule has 3 heteroatoms. The van der Waals surface area contributed by atoms with E-state index in [-0.39, 0.29) is 17.5 Å². The highest BCUT2D eigenvalue weighted by atomic mass is 19.1. The van der Waals surface area contributed by atoms with Crippen LogP contribution in [0.1, 0.15) is 65.7 Å². The van der Waals surface area contributed by atoms with Gasteiger partial charge in [-0.05, 0) is 37.5 Å². The quantitative estimate of drug-likeness (QED) is 0.528. The van der Waals surface area contributed by atoms with E-state index < -0.39 is 12.6 Å². The van der Waals surface area contributed by atoms with Crippen molar-refractivity contribution in [2.24, 2.45) is 17.3 Å². The highest BCUT2D eigenvalue weighted by Gasteiger charge is 2.34. The number of allylic oxidation sites excluding steroid dienone is 2. The van der Waals surface area contributed by atoms with Gasteiger partial charge in [0.15, 0.2) is 5.78 Å². The van der Waals surface area contributed by atoms with Crippen LogP contribution in [0.2, 0.25) is 0 Å². The second kappa shape index (κ2) is 7.80. The Morgan fingerprint density at radius 1 is 1.30 bits per heavy atom. The van der Waals surface area contributed by atoms with Crippen LogP contribution < -0.4 is 0 Å². The Bertz CT molecular complexity index is 331. The van der Waals surface area contributed by atoms with Crippen LogP contribution in [0.25, 0.3) is 0 Å². The average Bonchev–Trinajstić information content (AvgIpc) is 2.48. The summed E-state index contributed by atoms with van der Waals surface area (Å²) in [6.07, 6.45) is 8.12. The fraction of sp³-hybridized carbons (Fsp3) is 0.824. The van der Waals surface area contributed by atoms with Crippen LogP contribution in [0, 0.1) is 17.3 Å². The van der Waals surface area contributed by atoms with E-state index in [1.54, 1.807) is 0 Å². The zero-order chi connectivity index (χ0) is 15.2. The third kappa shape index (κ3) is 4.07. The minimum atomic E-state index is -0.606. The predicted molar refractivity (Wildman–Crippen MR) is 80.4 cm³/mol. The summed E-state index contributed by atoms with van der Waals surface area (Å²) in [5.41, 5.74) is 0.410. The van der Waals surface area contributed by atoms with Crippen molar-refractivity contribution >= 4 is 5.78 Å². The highest BCUT2D eigenvalue weighted by molar-refractivity contribution is 5.92. The van der Waals surface area contributed by atoms with Gasteiger partial charge >= 0.3 is 0 Å². The van der Waals surface area contributed by atoms with Gasteiger partial charge in [-0.2, -0.15) is 0 Å². The molecule has 1 saturated carbocycles. The van der Waals surface area contributed by atoms with E-state index in [9.17, 15) is 14.3 Å². The standard InChI is InChI=1S/C17H29FO2/c1-4-13(12-18)15(19)11-16(20)14-7-9-17(5-2,6-3)10-8-14/h11,13-14,19H,4-10,12H2,1-3H3. The van der Waals surface area contributed by atoms with Crippen molar-refractivity contribution in [1.29, 1.82) is 0 Å². The molecule has 1 N–H and O–H groups in total.